The van der Waals surface area contributed by atoms with Crippen molar-refractivity contribution in [3.63, 3.8) is 0 Å². The van der Waals surface area contributed by atoms with Gasteiger partial charge in [-0.15, -0.1) is 11.6 Å². The monoisotopic (exact) mass is 215 g/mol. The smallest absolute Gasteiger partial charge is 0.0853 e. The topological polar surface area (TPSA) is 50.4 Å². The Bertz CT molecular complexity index is 306. The molecule has 0 spiro atoms. The normalized spacial score (nSPS) is 13.2. The number of alkyl halides is 1. The molecule has 1 aromatic heterocycles. The average molecular weight is 216 g/mol. The van der Waals surface area contributed by atoms with E-state index < -0.39 is 0 Å². The summed E-state index contributed by atoms with van der Waals surface area (Å²) >= 11 is 5.79. The average Bonchev–Trinajstić information content (AvgIpc) is 2.66. The summed E-state index contributed by atoms with van der Waals surface area (Å²) in [5.41, 5.74) is 0.304. The molecular weight excluding hydrogens is 202 g/mol. The number of hydrogen-bond donors (Lipinski definition) is 1. The molecule has 0 saturated carbocycles. The van der Waals surface area contributed by atoms with Gasteiger partial charge in [0, 0.05) is 23.7 Å². The Morgan fingerprint density at radius 1 is 1.64 bits per heavy atom. The molecule has 1 rings (SSSR count). The van der Waals surface area contributed by atoms with Gasteiger partial charge >= 0.3 is 0 Å². The van der Waals surface area contributed by atoms with Crippen LogP contribution in [0.15, 0.2) is 23.6 Å². The SMILES string of the molecule is CC(C)(CCl)C(Cn1cccn1)=NO. The van der Waals surface area contributed by atoms with E-state index in [2.05, 4.69) is 10.3 Å². The van der Waals surface area contributed by atoms with E-state index in [9.17, 15) is 0 Å². The van der Waals surface area contributed by atoms with Crippen LogP contribution in [0.25, 0.3) is 0 Å². The van der Waals surface area contributed by atoms with Crippen molar-refractivity contribution >= 4 is 17.3 Å². The highest BCUT2D eigenvalue weighted by atomic mass is 35.5. The molecule has 0 aliphatic heterocycles. The van der Waals surface area contributed by atoms with Crippen LogP contribution < -0.4 is 0 Å². The molecule has 78 valence electrons. The molecule has 0 fully saturated rings. The van der Waals surface area contributed by atoms with Crippen LogP contribution >= 0.6 is 11.6 Å². The Labute approximate surface area is 88.2 Å². The van der Waals surface area contributed by atoms with Gasteiger partial charge in [-0.2, -0.15) is 5.10 Å². The van der Waals surface area contributed by atoms with Crippen LogP contribution in [0.2, 0.25) is 0 Å². The third-order valence-corrected chi connectivity index (χ3v) is 2.78. The van der Waals surface area contributed by atoms with E-state index >= 15 is 0 Å². The quantitative estimate of drug-likeness (QED) is 0.361. The molecule has 1 aromatic rings. The van der Waals surface area contributed by atoms with Gasteiger partial charge in [-0.1, -0.05) is 19.0 Å². The Morgan fingerprint density at radius 2 is 2.36 bits per heavy atom. The van der Waals surface area contributed by atoms with E-state index in [1.54, 1.807) is 10.9 Å². The second-order valence-electron chi connectivity index (χ2n) is 3.77. The largest absolute Gasteiger partial charge is 0.411 e. The van der Waals surface area contributed by atoms with Crippen molar-refractivity contribution in [3.8, 4) is 0 Å². The predicted molar refractivity (Wildman–Crippen MR) is 55.9 cm³/mol. The molecule has 0 saturated heterocycles. The first-order chi connectivity index (χ1) is 6.60. The summed E-state index contributed by atoms with van der Waals surface area (Å²) in [4.78, 5) is 0. The van der Waals surface area contributed by atoms with Gasteiger partial charge in [-0.25, -0.2) is 0 Å². The molecule has 5 heteroatoms. The minimum absolute atomic E-state index is 0.317. The summed E-state index contributed by atoms with van der Waals surface area (Å²) in [7, 11) is 0. The molecule has 1 N–H and O–H groups in total. The molecule has 0 unspecified atom stereocenters. The van der Waals surface area contributed by atoms with Gasteiger partial charge in [0.15, 0.2) is 0 Å². The molecule has 0 radical (unpaired) electrons. The zero-order chi connectivity index (χ0) is 10.6. The highest BCUT2D eigenvalue weighted by Crippen LogP contribution is 2.20. The Morgan fingerprint density at radius 3 is 2.79 bits per heavy atom. The lowest BCUT2D eigenvalue weighted by atomic mass is 9.90. The van der Waals surface area contributed by atoms with Gasteiger partial charge in [0.2, 0.25) is 0 Å². The fourth-order valence-electron chi connectivity index (χ4n) is 1.01. The zero-order valence-corrected chi connectivity index (χ0v) is 9.07. The molecule has 0 atom stereocenters. The summed E-state index contributed by atoms with van der Waals surface area (Å²) in [6.45, 7) is 4.32. The first kappa shape index (κ1) is 11.0. The number of hydrogen-bond acceptors (Lipinski definition) is 3. The first-order valence-corrected chi connectivity index (χ1v) is 4.88. The summed E-state index contributed by atoms with van der Waals surface area (Å²) < 4.78 is 1.70. The van der Waals surface area contributed by atoms with Crippen LogP contribution in [0.4, 0.5) is 0 Å². The second kappa shape index (κ2) is 4.46. The fraction of sp³-hybridized carbons (Fsp3) is 0.556. The molecule has 0 aliphatic rings. The summed E-state index contributed by atoms with van der Waals surface area (Å²) in [6, 6.07) is 1.82. The van der Waals surface area contributed by atoms with E-state index in [-0.39, 0.29) is 5.41 Å². The van der Waals surface area contributed by atoms with E-state index in [0.29, 0.717) is 18.1 Å². The van der Waals surface area contributed by atoms with E-state index in [4.69, 9.17) is 16.8 Å². The lowest BCUT2D eigenvalue weighted by Crippen LogP contribution is -2.30. The Balaban J connectivity index is 2.75. The van der Waals surface area contributed by atoms with Crippen molar-refractivity contribution in [2.24, 2.45) is 10.6 Å². The molecule has 1 heterocycles. The minimum Gasteiger partial charge on any atom is -0.411 e. The van der Waals surface area contributed by atoms with Crippen molar-refractivity contribution in [1.82, 2.24) is 9.78 Å². The van der Waals surface area contributed by atoms with Crippen LogP contribution in [0.3, 0.4) is 0 Å². The van der Waals surface area contributed by atoms with Gasteiger partial charge in [0.05, 0.1) is 12.3 Å². The van der Waals surface area contributed by atoms with Crippen LogP contribution in [0.5, 0.6) is 0 Å². The molecule has 14 heavy (non-hydrogen) atoms. The molecule has 4 nitrogen and oxygen atoms in total. The van der Waals surface area contributed by atoms with Crippen molar-refractivity contribution in [2.45, 2.75) is 20.4 Å². The zero-order valence-electron chi connectivity index (χ0n) is 8.31. The van der Waals surface area contributed by atoms with Crippen molar-refractivity contribution in [3.05, 3.63) is 18.5 Å². The number of rotatable bonds is 4. The maximum Gasteiger partial charge on any atom is 0.0853 e. The molecule has 0 bridgehead atoms. The van der Waals surface area contributed by atoms with Crippen LogP contribution in [-0.4, -0.2) is 26.6 Å². The van der Waals surface area contributed by atoms with Crippen LogP contribution in [0.1, 0.15) is 13.8 Å². The predicted octanol–water partition coefficient (Wildman–Crippen LogP) is 1.98. The highest BCUT2D eigenvalue weighted by Gasteiger charge is 2.25. The number of halogens is 1. The second-order valence-corrected chi connectivity index (χ2v) is 4.04. The van der Waals surface area contributed by atoms with Gasteiger partial charge in [-0.05, 0) is 6.07 Å². The number of aromatic nitrogens is 2. The van der Waals surface area contributed by atoms with Crippen molar-refractivity contribution in [1.29, 1.82) is 0 Å². The molecule has 0 amide bonds. The lowest BCUT2D eigenvalue weighted by Gasteiger charge is -2.22. The van der Waals surface area contributed by atoms with E-state index in [0.717, 1.165) is 0 Å². The molecular formula is C9H14ClN3O. The van der Waals surface area contributed by atoms with Gasteiger partial charge in [0.1, 0.15) is 0 Å². The van der Waals surface area contributed by atoms with Crippen molar-refractivity contribution in [2.75, 3.05) is 5.88 Å². The highest BCUT2D eigenvalue weighted by molar-refractivity contribution is 6.20. The van der Waals surface area contributed by atoms with Gasteiger partial charge in [-0.3, -0.25) is 4.68 Å². The summed E-state index contributed by atoms with van der Waals surface area (Å²) in [5.74, 6) is 0.410. The fourth-order valence-corrected chi connectivity index (χ4v) is 1.16. The third-order valence-electron chi connectivity index (χ3n) is 2.11. The van der Waals surface area contributed by atoms with Crippen LogP contribution in [0, 0.1) is 5.41 Å². The summed E-state index contributed by atoms with van der Waals surface area (Å²) in [5, 5.41) is 16.2. The lowest BCUT2D eigenvalue weighted by molar-refractivity contribution is 0.307. The third kappa shape index (κ3) is 2.48. The van der Waals surface area contributed by atoms with Gasteiger partial charge in [0.25, 0.3) is 0 Å². The van der Waals surface area contributed by atoms with Gasteiger partial charge < -0.3 is 5.21 Å². The Hall–Kier alpha value is -1.03. The van der Waals surface area contributed by atoms with E-state index in [1.807, 2.05) is 26.1 Å². The minimum atomic E-state index is -0.317. The number of nitrogens with zero attached hydrogens (tertiary/aromatic N) is 3. The van der Waals surface area contributed by atoms with Crippen molar-refractivity contribution < 1.29 is 5.21 Å². The first-order valence-electron chi connectivity index (χ1n) is 4.35. The standard InChI is InChI=1S/C9H14ClN3O/c1-9(2,7-10)8(12-14)6-13-5-3-4-11-13/h3-5,14H,6-7H2,1-2H3. The Kier molecular flexibility index (Phi) is 3.52. The maximum absolute atomic E-state index is 8.88. The maximum atomic E-state index is 8.88. The molecule has 0 aromatic carbocycles. The van der Waals surface area contributed by atoms with E-state index in [1.165, 1.54) is 0 Å². The summed E-state index contributed by atoms with van der Waals surface area (Å²) in [6.07, 6.45) is 3.50. The number of oxime groups is 1. The molecule has 0 aliphatic carbocycles. The van der Waals surface area contributed by atoms with Crippen LogP contribution in [-0.2, 0) is 6.54 Å².